The van der Waals surface area contributed by atoms with Crippen molar-refractivity contribution in [2.24, 2.45) is 0 Å². The number of carbonyl (C=O) groups is 1. The van der Waals surface area contributed by atoms with Crippen molar-refractivity contribution in [3.8, 4) is 0 Å². The maximum Gasteiger partial charge on any atom is 0.271 e. The fourth-order valence-electron chi connectivity index (χ4n) is 1.72. The van der Waals surface area contributed by atoms with Crippen LogP contribution in [0.5, 0.6) is 0 Å². The van der Waals surface area contributed by atoms with Gasteiger partial charge in [-0.3, -0.25) is 4.79 Å². The van der Waals surface area contributed by atoms with Gasteiger partial charge < -0.3 is 10.4 Å². The summed E-state index contributed by atoms with van der Waals surface area (Å²) in [5, 5.41) is 12.4. The van der Waals surface area contributed by atoms with Gasteiger partial charge in [0.2, 0.25) is 0 Å². The summed E-state index contributed by atoms with van der Waals surface area (Å²) in [6, 6.07) is 10.3. The molecule has 2 N–H and O–H groups in total. The summed E-state index contributed by atoms with van der Waals surface area (Å²) in [6.07, 6.45) is 0. The molecule has 0 bridgehead atoms. The number of benzene rings is 1. The van der Waals surface area contributed by atoms with Gasteiger partial charge in [-0.25, -0.2) is 4.98 Å². The van der Waals surface area contributed by atoms with Gasteiger partial charge in [0.05, 0.1) is 11.6 Å². The highest BCUT2D eigenvalue weighted by Crippen LogP contribution is 2.17. The molecule has 1 amide bonds. The van der Waals surface area contributed by atoms with Gasteiger partial charge in [0.25, 0.3) is 5.91 Å². The standard InChI is InChI=1S/C14H12Cl2N2O2/c15-11-5-6-12(16)18-13(11)14(20)17-7-9-3-1-2-4-10(9)8-19/h1-6,19H,7-8H2,(H,17,20). The fourth-order valence-corrected chi connectivity index (χ4v) is 2.06. The molecule has 2 aromatic rings. The van der Waals surface area contributed by atoms with Gasteiger partial charge in [-0.15, -0.1) is 0 Å². The van der Waals surface area contributed by atoms with E-state index < -0.39 is 5.91 Å². The number of rotatable bonds is 4. The molecule has 0 radical (unpaired) electrons. The maximum absolute atomic E-state index is 12.0. The van der Waals surface area contributed by atoms with Crippen LogP contribution in [0.2, 0.25) is 10.2 Å². The average molecular weight is 311 g/mol. The van der Waals surface area contributed by atoms with Crippen molar-refractivity contribution < 1.29 is 9.90 Å². The van der Waals surface area contributed by atoms with Crippen LogP contribution < -0.4 is 5.32 Å². The first-order valence-electron chi connectivity index (χ1n) is 5.89. The Morgan fingerprint density at radius 2 is 1.85 bits per heavy atom. The van der Waals surface area contributed by atoms with Gasteiger partial charge in [0.15, 0.2) is 0 Å². The topological polar surface area (TPSA) is 62.2 Å². The van der Waals surface area contributed by atoms with E-state index in [1.165, 1.54) is 12.1 Å². The molecule has 1 aromatic heterocycles. The zero-order chi connectivity index (χ0) is 14.5. The number of aliphatic hydroxyl groups is 1. The molecule has 0 atom stereocenters. The molecule has 0 saturated carbocycles. The molecule has 0 unspecified atom stereocenters. The number of hydrogen-bond donors (Lipinski definition) is 2. The minimum absolute atomic E-state index is 0.0811. The molecular formula is C14H12Cl2N2O2. The summed E-state index contributed by atoms with van der Waals surface area (Å²) in [5.41, 5.74) is 1.68. The molecule has 2 rings (SSSR count). The fraction of sp³-hybridized carbons (Fsp3) is 0.143. The van der Waals surface area contributed by atoms with Crippen LogP contribution in [0, 0.1) is 0 Å². The zero-order valence-electron chi connectivity index (χ0n) is 10.4. The number of nitrogens with one attached hydrogen (secondary N) is 1. The molecule has 104 valence electrons. The number of carbonyl (C=O) groups excluding carboxylic acids is 1. The van der Waals surface area contributed by atoms with Crippen LogP contribution in [0.1, 0.15) is 21.6 Å². The van der Waals surface area contributed by atoms with Gasteiger partial charge >= 0.3 is 0 Å². The third-order valence-corrected chi connectivity index (χ3v) is 3.27. The van der Waals surface area contributed by atoms with Gasteiger partial charge in [0.1, 0.15) is 10.8 Å². The lowest BCUT2D eigenvalue weighted by atomic mass is 10.1. The molecule has 1 aromatic carbocycles. The SMILES string of the molecule is O=C(NCc1ccccc1CO)c1nc(Cl)ccc1Cl. The summed E-state index contributed by atoms with van der Waals surface area (Å²) < 4.78 is 0. The monoisotopic (exact) mass is 310 g/mol. The Labute approximate surface area is 126 Å². The first kappa shape index (κ1) is 14.8. The predicted octanol–water partition coefficient (Wildman–Crippen LogP) is 2.81. The van der Waals surface area contributed by atoms with Crippen LogP contribution in [0.4, 0.5) is 0 Å². The van der Waals surface area contributed by atoms with Crippen molar-refractivity contribution in [2.75, 3.05) is 0 Å². The van der Waals surface area contributed by atoms with Crippen LogP contribution in [-0.2, 0) is 13.2 Å². The Hall–Kier alpha value is -1.62. The quantitative estimate of drug-likeness (QED) is 0.854. The van der Waals surface area contributed by atoms with Gasteiger partial charge in [0, 0.05) is 6.54 Å². The lowest BCUT2D eigenvalue weighted by Gasteiger charge is -2.09. The van der Waals surface area contributed by atoms with E-state index in [9.17, 15) is 9.90 Å². The molecule has 0 aliphatic heterocycles. The molecule has 0 spiro atoms. The molecule has 20 heavy (non-hydrogen) atoms. The van der Waals surface area contributed by atoms with Crippen LogP contribution in [0.25, 0.3) is 0 Å². The number of hydrogen-bond acceptors (Lipinski definition) is 3. The molecular weight excluding hydrogens is 299 g/mol. The summed E-state index contributed by atoms with van der Waals surface area (Å²) in [4.78, 5) is 15.9. The summed E-state index contributed by atoms with van der Waals surface area (Å²) in [6.45, 7) is 0.197. The van der Waals surface area contributed by atoms with E-state index in [1.54, 1.807) is 6.07 Å². The van der Waals surface area contributed by atoms with Crippen LogP contribution in [-0.4, -0.2) is 16.0 Å². The van der Waals surface area contributed by atoms with E-state index in [4.69, 9.17) is 23.2 Å². The van der Waals surface area contributed by atoms with Gasteiger partial charge in [-0.2, -0.15) is 0 Å². The maximum atomic E-state index is 12.0. The van der Waals surface area contributed by atoms with Crippen LogP contribution in [0.3, 0.4) is 0 Å². The summed E-state index contributed by atoms with van der Waals surface area (Å²) >= 11 is 11.7. The molecule has 1 heterocycles. The average Bonchev–Trinajstić information content (AvgIpc) is 2.47. The third-order valence-electron chi connectivity index (χ3n) is 2.76. The molecule has 0 fully saturated rings. The normalized spacial score (nSPS) is 10.3. The smallest absolute Gasteiger partial charge is 0.271 e. The lowest BCUT2D eigenvalue weighted by molar-refractivity contribution is 0.0946. The highest BCUT2D eigenvalue weighted by atomic mass is 35.5. The number of nitrogens with zero attached hydrogens (tertiary/aromatic N) is 1. The number of aliphatic hydroxyl groups excluding tert-OH is 1. The first-order valence-corrected chi connectivity index (χ1v) is 6.65. The van der Waals surface area contributed by atoms with Crippen LogP contribution >= 0.6 is 23.2 Å². The van der Waals surface area contributed by atoms with Crippen molar-refractivity contribution >= 4 is 29.1 Å². The van der Waals surface area contributed by atoms with Crippen molar-refractivity contribution in [1.29, 1.82) is 0 Å². The second kappa shape index (κ2) is 6.70. The number of pyridine rings is 1. The van der Waals surface area contributed by atoms with Crippen molar-refractivity contribution in [2.45, 2.75) is 13.2 Å². The van der Waals surface area contributed by atoms with E-state index in [0.29, 0.717) is 0 Å². The predicted molar refractivity (Wildman–Crippen MR) is 77.8 cm³/mol. The Morgan fingerprint density at radius 3 is 2.55 bits per heavy atom. The molecule has 0 saturated heterocycles. The second-order valence-corrected chi connectivity index (χ2v) is 4.87. The summed E-state index contributed by atoms with van der Waals surface area (Å²) in [7, 11) is 0. The molecule has 0 aliphatic rings. The van der Waals surface area contributed by atoms with Gasteiger partial charge in [-0.1, -0.05) is 47.5 Å². The zero-order valence-corrected chi connectivity index (χ0v) is 11.9. The van der Waals surface area contributed by atoms with Crippen molar-refractivity contribution in [1.82, 2.24) is 10.3 Å². The van der Waals surface area contributed by atoms with E-state index in [0.717, 1.165) is 11.1 Å². The van der Waals surface area contributed by atoms with E-state index in [2.05, 4.69) is 10.3 Å². The highest BCUT2D eigenvalue weighted by Gasteiger charge is 2.13. The molecule has 6 heteroatoms. The number of aromatic nitrogens is 1. The molecule has 0 aliphatic carbocycles. The largest absolute Gasteiger partial charge is 0.392 e. The van der Waals surface area contributed by atoms with E-state index in [1.807, 2.05) is 18.2 Å². The van der Waals surface area contributed by atoms with Crippen LogP contribution in [0.15, 0.2) is 36.4 Å². The van der Waals surface area contributed by atoms with Crippen molar-refractivity contribution in [3.63, 3.8) is 0 Å². The Bertz CT molecular complexity index is 632. The lowest BCUT2D eigenvalue weighted by Crippen LogP contribution is -2.24. The number of amides is 1. The van der Waals surface area contributed by atoms with Crippen molar-refractivity contribution in [3.05, 3.63) is 63.4 Å². The Balaban J connectivity index is 2.11. The third kappa shape index (κ3) is 3.48. The first-order chi connectivity index (χ1) is 9.61. The highest BCUT2D eigenvalue weighted by molar-refractivity contribution is 6.34. The Kier molecular flexibility index (Phi) is 4.95. The summed E-state index contributed by atoms with van der Waals surface area (Å²) in [5.74, 6) is -0.412. The van der Waals surface area contributed by atoms with E-state index in [-0.39, 0.29) is 29.0 Å². The van der Waals surface area contributed by atoms with E-state index >= 15 is 0 Å². The minimum atomic E-state index is -0.412. The van der Waals surface area contributed by atoms with Gasteiger partial charge in [-0.05, 0) is 23.3 Å². The number of halogens is 2. The minimum Gasteiger partial charge on any atom is -0.392 e. The molecule has 4 nitrogen and oxygen atoms in total. The second-order valence-electron chi connectivity index (χ2n) is 4.07. The Morgan fingerprint density at radius 1 is 1.15 bits per heavy atom.